The van der Waals surface area contributed by atoms with Crippen molar-refractivity contribution in [3.63, 3.8) is 0 Å². The smallest absolute Gasteiger partial charge is 0.162 e. The maximum atomic E-state index is 12.8. The van der Waals surface area contributed by atoms with Gasteiger partial charge < -0.3 is 4.74 Å². The van der Waals surface area contributed by atoms with E-state index in [4.69, 9.17) is 16.3 Å². The van der Waals surface area contributed by atoms with Gasteiger partial charge >= 0.3 is 0 Å². The molecular weight excluding hydrogens is 198 g/mol. The standard InChI is InChI=1S/C9H7ClF2O/c10-6-1-2-13-9-4-8(12)7(11)3-5(6)9/h3-4,6H,1-2H2. The maximum Gasteiger partial charge on any atom is 0.162 e. The number of rotatable bonds is 0. The highest BCUT2D eigenvalue weighted by Gasteiger charge is 2.21. The molecule has 0 saturated heterocycles. The van der Waals surface area contributed by atoms with Gasteiger partial charge in [0.2, 0.25) is 0 Å². The molecule has 1 aliphatic rings. The average Bonchev–Trinajstić information content (AvgIpc) is 2.09. The number of benzene rings is 1. The molecule has 1 nitrogen and oxygen atoms in total. The molecule has 1 aliphatic heterocycles. The van der Waals surface area contributed by atoms with Crippen molar-refractivity contribution in [2.45, 2.75) is 11.8 Å². The third-order valence-corrected chi connectivity index (χ3v) is 2.47. The number of alkyl halides is 1. The second-order valence-electron chi connectivity index (χ2n) is 2.91. The van der Waals surface area contributed by atoms with Crippen LogP contribution in [0.4, 0.5) is 8.78 Å². The van der Waals surface area contributed by atoms with Gasteiger partial charge in [-0.3, -0.25) is 0 Å². The Morgan fingerprint density at radius 3 is 2.77 bits per heavy atom. The molecule has 0 N–H and O–H groups in total. The van der Waals surface area contributed by atoms with Crippen LogP contribution in [0.1, 0.15) is 17.4 Å². The summed E-state index contributed by atoms with van der Waals surface area (Å²) in [6, 6.07) is 2.14. The van der Waals surface area contributed by atoms with Crippen LogP contribution in [0.25, 0.3) is 0 Å². The molecule has 4 heteroatoms. The number of hydrogen-bond donors (Lipinski definition) is 0. The number of hydrogen-bond acceptors (Lipinski definition) is 1. The molecular formula is C9H7ClF2O. The predicted octanol–water partition coefficient (Wildman–Crippen LogP) is 3.03. The van der Waals surface area contributed by atoms with Crippen molar-refractivity contribution in [1.29, 1.82) is 0 Å². The van der Waals surface area contributed by atoms with E-state index in [1.54, 1.807) is 0 Å². The minimum Gasteiger partial charge on any atom is -0.493 e. The first-order valence-electron chi connectivity index (χ1n) is 3.94. The highest BCUT2D eigenvalue weighted by atomic mass is 35.5. The second kappa shape index (κ2) is 3.14. The summed E-state index contributed by atoms with van der Waals surface area (Å²) in [7, 11) is 0. The summed E-state index contributed by atoms with van der Waals surface area (Å²) in [5, 5.41) is -0.279. The predicted molar refractivity (Wildman–Crippen MR) is 45.1 cm³/mol. The zero-order valence-electron chi connectivity index (χ0n) is 6.69. The molecule has 0 bridgehead atoms. The molecule has 1 heterocycles. The second-order valence-corrected chi connectivity index (χ2v) is 3.44. The van der Waals surface area contributed by atoms with E-state index in [1.807, 2.05) is 0 Å². The minimum absolute atomic E-state index is 0.279. The lowest BCUT2D eigenvalue weighted by Crippen LogP contribution is -2.11. The van der Waals surface area contributed by atoms with Crippen LogP contribution in [0.3, 0.4) is 0 Å². The van der Waals surface area contributed by atoms with Gasteiger partial charge in [0.1, 0.15) is 5.75 Å². The fourth-order valence-electron chi connectivity index (χ4n) is 1.34. The van der Waals surface area contributed by atoms with Gasteiger partial charge in [-0.1, -0.05) is 0 Å². The Labute approximate surface area is 79.3 Å². The molecule has 0 fully saturated rings. The van der Waals surface area contributed by atoms with Gasteiger partial charge in [0.15, 0.2) is 11.6 Å². The highest BCUT2D eigenvalue weighted by Crippen LogP contribution is 2.37. The minimum atomic E-state index is -0.899. The SMILES string of the molecule is Fc1cc2c(cc1F)C(Cl)CCO2. The van der Waals surface area contributed by atoms with Crippen molar-refractivity contribution < 1.29 is 13.5 Å². The molecule has 0 radical (unpaired) electrons. The van der Waals surface area contributed by atoms with E-state index < -0.39 is 11.6 Å². The number of halogens is 3. The fraction of sp³-hybridized carbons (Fsp3) is 0.333. The van der Waals surface area contributed by atoms with Gasteiger partial charge in [0.25, 0.3) is 0 Å². The molecule has 0 aromatic heterocycles. The van der Waals surface area contributed by atoms with Crippen LogP contribution >= 0.6 is 11.6 Å². The van der Waals surface area contributed by atoms with E-state index in [-0.39, 0.29) is 5.38 Å². The Hall–Kier alpha value is -0.830. The first kappa shape index (κ1) is 8.75. The Morgan fingerprint density at radius 1 is 1.31 bits per heavy atom. The summed E-state index contributed by atoms with van der Waals surface area (Å²) in [6.45, 7) is 0.451. The molecule has 1 atom stereocenters. The third-order valence-electron chi connectivity index (χ3n) is 2.02. The monoisotopic (exact) mass is 204 g/mol. The summed E-state index contributed by atoms with van der Waals surface area (Å²) < 4.78 is 30.7. The molecule has 1 aromatic rings. The topological polar surface area (TPSA) is 9.23 Å². The lowest BCUT2D eigenvalue weighted by Gasteiger charge is -2.21. The van der Waals surface area contributed by atoms with Gasteiger partial charge in [-0.05, 0) is 6.07 Å². The molecule has 70 valence electrons. The van der Waals surface area contributed by atoms with Gasteiger partial charge in [-0.2, -0.15) is 0 Å². The van der Waals surface area contributed by atoms with Gasteiger partial charge in [0, 0.05) is 18.1 Å². The lowest BCUT2D eigenvalue weighted by atomic mass is 10.1. The van der Waals surface area contributed by atoms with Gasteiger partial charge in [0.05, 0.1) is 12.0 Å². The van der Waals surface area contributed by atoms with Crippen LogP contribution in [-0.4, -0.2) is 6.61 Å². The maximum absolute atomic E-state index is 12.8. The first-order valence-corrected chi connectivity index (χ1v) is 4.38. The zero-order valence-corrected chi connectivity index (χ0v) is 7.44. The molecule has 0 saturated carbocycles. The Bertz CT molecular complexity index is 341. The van der Waals surface area contributed by atoms with Crippen LogP contribution < -0.4 is 4.74 Å². The summed E-state index contributed by atoms with van der Waals surface area (Å²) in [5.74, 6) is -1.43. The summed E-state index contributed by atoms with van der Waals surface area (Å²) in [5.41, 5.74) is 0.534. The van der Waals surface area contributed by atoms with Crippen LogP contribution in [0.5, 0.6) is 5.75 Å². The normalized spacial score (nSPS) is 20.7. The zero-order chi connectivity index (χ0) is 9.42. The first-order chi connectivity index (χ1) is 6.18. The van der Waals surface area contributed by atoms with E-state index in [0.717, 1.165) is 12.1 Å². The fourth-order valence-corrected chi connectivity index (χ4v) is 1.60. The van der Waals surface area contributed by atoms with Gasteiger partial charge in [-0.25, -0.2) is 8.78 Å². The van der Waals surface area contributed by atoms with Crippen molar-refractivity contribution in [2.24, 2.45) is 0 Å². The van der Waals surface area contributed by atoms with Crippen molar-refractivity contribution in [2.75, 3.05) is 6.61 Å². The molecule has 1 aromatic carbocycles. The van der Waals surface area contributed by atoms with Crippen molar-refractivity contribution >= 4 is 11.6 Å². The number of fused-ring (bicyclic) bond motifs is 1. The average molecular weight is 205 g/mol. The van der Waals surface area contributed by atoms with E-state index >= 15 is 0 Å². The van der Waals surface area contributed by atoms with Crippen LogP contribution in [0.15, 0.2) is 12.1 Å². The largest absolute Gasteiger partial charge is 0.493 e. The van der Waals surface area contributed by atoms with E-state index in [1.165, 1.54) is 0 Å². The molecule has 13 heavy (non-hydrogen) atoms. The molecule has 0 spiro atoms. The summed E-state index contributed by atoms with van der Waals surface area (Å²) in [6.07, 6.45) is 0.625. The van der Waals surface area contributed by atoms with Crippen LogP contribution in [0, 0.1) is 11.6 Å². The Kier molecular flexibility index (Phi) is 2.12. The number of ether oxygens (including phenoxy) is 1. The van der Waals surface area contributed by atoms with Crippen LogP contribution in [0.2, 0.25) is 0 Å². The van der Waals surface area contributed by atoms with Crippen molar-refractivity contribution in [3.8, 4) is 5.75 Å². The Morgan fingerprint density at radius 2 is 2.00 bits per heavy atom. The molecule has 1 unspecified atom stereocenters. The third kappa shape index (κ3) is 1.48. The quantitative estimate of drug-likeness (QED) is 0.591. The van der Waals surface area contributed by atoms with Crippen molar-refractivity contribution in [1.82, 2.24) is 0 Å². The molecule has 0 aliphatic carbocycles. The van der Waals surface area contributed by atoms with Crippen molar-refractivity contribution in [3.05, 3.63) is 29.3 Å². The molecule has 2 rings (SSSR count). The van der Waals surface area contributed by atoms with Crippen LogP contribution in [-0.2, 0) is 0 Å². The summed E-state index contributed by atoms with van der Waals surface area (Å²) >= 11 is 5.90. The molecule has 0 amide bonds. The van der Waals surface area contributed by atoms with E-state index in [9.17, 15) is 8.78 Å². The van der Waals surface area contributed by atoms with Gasteiger partial charge in [-0.15, -0.1) is 11.6 Å². The summed E-state index contributed by atoms with van der Waals surface area (Å²) in [4.78, 5) is 0. The highest BCUT2D eigenvalue weighted by molar-refractivity contribution is 6.21. The van der Waals surface area contributed by atoms with E-state index in [2.05, 4.69) is 0 Å². The Balaban J connectivity index is 2.52. The lowest BCUT2D eigenvalue weighted by molar-refractivity contribution is 0.281. The van der Waals surface area contributed by atoms with E-state index in [0.29, 0.717) is 24.3 Å².